The lowest BCUT2D eigenvalue weighted by Gasteiger charge is -2.21. The first-order chi connectivity index (χ1) is 15.8. The zero-order chi connectivity index (χ0) is 24.4. The quantitative estimate of drug-likeness (QED) is 0.382. The molecule has 3 amide bonds. The number of anilines is 2. The molecule has 0 saturated carbocycles. The van der Waals surface area contributed by atoms with Crippen molar-refractivity contribution in [3.63, 3.8) is 0 Å². The van der Waals surface area contributed by atoms with Crippen LogP contribution in [0.4, 0.5) is 26.7 Å². The number of methoxy groups -OCH3 is 1. The first kappa shape index (κ1) is 25.5. The number of hydrogen-bond donors (Lipinski definition) is 3. The van der Waals surface area contributed by atoms with Gasteiger partial charge in [0.05, 0.1) is 19.7 Å². The van der Waals surface area contributed by atoms with E-state index in [1.165, 1.54) is 7.11 Å². The average Bonchev–Trinajstić information content (AvgIpc) is 2.82. The number of benzene rings is 2. The van der Waals surface area contributed by atoms with Crippen LogP contribution < -0.4 is 20.7 Å². The van der Waals surface area contributed by atoms with E-state index in [0.717, 1.165) is 30.4 Å². The van der Waals surface area contributed by atoms with E-state index >= 15 is 0 Å². The number of alkyl carbamates (subject to hydrolysis) is 1. The van der Waals surface area contributed by atoms with Gasteiger partial charge in [-0.3, -0.25) is 0 Å². The molecule has 33 heavy (non-hydrogen) atoms. The number of amides is 3. The van der Waals surface area contributed by atoms with E-state index < -0.39 is 12.1 Å². The molecule has 8 heteroatoms. The van der Waals surface area contributed by atoms with E-state index in [0.29, 0.717) is 22.8 Å². The normalized spacial score (nSPS) is 11.3. The number of hydrogen-bond acceptors (Lipinski definition) is 4. The fraction of sp³-hybridized carbons (Fsp3) is 0.400. The van der Waals surface area contributed by atoms with E-state index in [9.17, 15) is 9.59 Å². The molecule has 0 aliphatic carbocycles. The van der Waals surface area contributed by atoms with Crippen LogP contribution in [0.25, 0.3) is 4.85 Å². The van der Waals surface area contributed by atoms with Gasteiger partial charge in [0, 0.05) is 11.4 Å². The van der Waals surface area contributed by atoms with Crippen LogP contribution in [0.3, 0.4) is 0 Å². The molecule has 8 nitrogen and oxygen atoms in total. The van der Waals surface area contributed by atoms with Crippen LogP contribution in [0.15, 0.2) is 36.4 Å². The highest BCUT2D eigenvalue weighted by Gasteiger charge is 2.17. The van der Waals surface area contributed by atoms with Crippen molar-refractivity contribution in [2.45, 2.75) is 59.1 Å². The van der Waals surface area contributed by atoms with Gasteiger partial charge in [0.2, 0.25) is 5.69 Å². The van der Waals surface area contributed by atoms with Gasteiger partial charge in [-0.15, -0.1) is 0 Å². The largest absolute Gasteiger partial charge is 0.508 e. The van der Waals surface area contributed by atoms with E-state index in [1.54, 1.807) is 18.2 Å². The van der Waals surface area contributed by atoms with Crippen LogP contribution in [0.2, 0.25) is 0 Å². The molecule has 0 aliphatic heterocycles. The Labute approximate surface area is 195 Å². The molecule has 0 spiro atoms. The second-order valence-corrected chi connectivity index (χ2v) is 7.55. The molecule has 0 saturated heterocycles. The topological polar surface area (TPSA) is 93.1 Å². The highest BCUT2D eigenvalue weighted by molar-refractivity contribution is 6.00. The zero-order valence-corrected chi connectivity index (χ0v) is 19.8. The third kappa shape index (κ3) is 7.14. The van der Waals surface area contributed by atoms with Crippen molar-refractivity contribution in [2.24, 2.45) is 0 Å². The number of nitrogens with one attached hydrogen (secondary N) is 3. The van der Waals surface area contributed by atoms with Gasteiger partial charge in [0.15, 0.2) is 0 Å². The second-order valence-electron chi connectivity index (χ2n) is 7.55. The molecular formula is C25H32N4O4. The lowest BCUT2D eigenvalue weighted by atomic mass is 9.99. The van der Waals surface area contributed by atoms with Gasteiger partial charge in [-0.1, -0.05) is 32.9 Å². The maximum absolute atomic E-state index is 12.5. The zero-order valence-electron chi connectivity index (χ0n) is 19.8. The summed E-state index contributed by atoms with van der Waals surface area (Å²) in [6.45, 7) is 15.0. The number of nitrogens with zero attached hydrogens (tertiary/aromatic N) is 1. The monoisotopic (exact) mass is 452 g/mol. The summed E-state index contributed by atoms with van der Waals surface area (Å²) in [4.78, 5) is 28.2. The van der Waals surface area contributed by atoms with E-state index in [2.05, 4.69) is 20.8 Å². The third-order valence-corrected chi connectivity index (χ3v) is 5.33. The summed E-state index contributed by atoms with van der Waals surface area (Å²) in [5, 5.41) is 8.44. The Morgan fingerprint density at radius 1 is 1.03 bits per heavy atom. The Morgan fingerprint density at radius 3 is 2.24 bits per heavy atom. The fourth-order valence-corrected chi connectivity index (χ4v) is 3.43. The van der Waals surface area contributed by atoms with Crippen LogP contribution >= 0.6 is 0 Å². The molecule has 3 N–H and O–H groups in total. The number of carbonyl (C=O) groups excluding carboxylic acids is 2. The smallest absolute Gasteiger partial charge is 0.407 e. The summed E-state index contributed by atoms with van der Waals surface area (Å²) in [6, 6.07) is 9.69. The molecule has 0 fully saturated rings. The van der Waals surface area contributed by atoms with Crippen molar-refractivity contribution >= 4 is 29.2 Å². The SMILES string of the molecule is [C-]#[N+]c1ccc(NC(=O)Nc2ccc(CC)c([C@@H](C)NC(=O)OC(CC)CC)c2)cc1OC. The molecule has 0 heterocycles. The van der Waals surface area contributed by atoms with Crippen molar-refractivity contribution in [3.05, 3.63) is 58.9 Å². The first-order valence-electron chi connectivity index (χ1n) is 11.1. The minimum absolute atomic E-state index is 0.109. The molecule has 2 aromatic rings. The average molecular weight is 453 g/mol. The predicted octanol–water partition coefficient (Wildman–Crippen LogP) is 6.43. The molecule has 2 rings (SSSR count). The van der Waals surface area contributed by atoms with Gasteiger partial charge < -0.3 is 25.4 Å². The highest BCUT2D eigenvalue weighted by atomic mass is 16.6. The molecule has 1 atom stereocenters. The lowest BCUT2D eigenvalue weighted by Crippen LogP contribution is -2.31. The van der Waals surface area contributed by atoms with Crippen LogP contribution in [0.5, 0.6) is 5.75 Å². The number of urea groups is 1. The maximum atomic E-state index is 12.5. The van der Waals surface area contributed by atoms with Crippen LogP contribution in [-0.2, 0) is 11.2 Å². The van der Waals surface area contributed by atoms with Crippen molar-refractivity contribution in [3.8, 4) is 5.75 Å². The summed E-state index contributed by atoms with van der Waals surface area (Å²) in [5.74, 6) is 0.387. The number of carbonyl (C=O) groups is 2. The molecular weight excluding hydrogens is 420 g/mol. The Kier molecular flexibility index (Phi) is 9.55. The summed E-state index contributed by atoms with van der Waals surface area (Å²) in [5.41, 5.74) is 3.43. The van der Waals surface area contributed by atoms with E-state index in [-0.39, 0.29) is 12.1 Å². The van der Waals surface area contributed by atoms with Gasteiger partial charge in [-0.25, -0.2) is 14.4 Å². The summed E-state index contributed by atoms with van der Waals surface area (Å²) < 4.78 is 10.6. The molecule has 0 aromatic heterocycles. The Balaban J connectivity index is 2.11. The van der Waals surface area contributed by atoms with E-state index in [1.807, 2.05) is 45.9 Å². The fourth-order valence-electron chi connectivity index (χ4n) is 3.43. The van der Waals surface area contributed by atoms with Crippen LogP contribution in [0, 0.1) is 6.57 Å². The number of rotatable bonds is 9. The standard InChI is InChI=1S/C25H32N4O4/c1-7-17-10-11-18(14-21(17)16(4)27-25(31)33-20(8-2)9-3)28-24(30)29-19-12-13-22(26-5)23(15-19)32-6/h10-16,20H,7-9H2,1-4,6H3,(H,27,31)(H2,28,29,30)/t16-/m1/s1. The Hall–Kier alpha value is -3.73. The molecule has 176 valence electrons. The number of aryl methyl sites for hydroxylation is 1. The van der Waals surface area contributed by atoms with Crippen LogP contribution in [-0.4, -0.2) is 25.3 Å². The number of ether oxygens (including phenoxy) is 2. The van der Waals surface area contributed by atoms with Gasteiger partial charge in [0.1, 0.15) is 11.9 Å². The lowest BCUT2D eigenvalue weighted by molar-refractivity contribution is 0.0905. The molecule has 0 aliphatic rings. The van der Waals surface area contributed by atoms with Crippen LogP contribution in [0.1, 0.15) is 57.7 Å². The van der Waals surface area contributed by atoms with Gasteiger partial charge >= 0.3 is 12.1 Å². The van der Waals surface area contributed by atoms with Crippen molar-refractivity contribution in [2.75, 3.05) is 17.7 Å². The molecule has 0 radical (unpaired) electrons. The Bertz CT molecular complexity index is 1010. The third-order valence-electron chi connectivity index (χ3n) is 5.33. The highest BCUT2D eigenvalue weighted by Crippen LogP contribution is 2.30. The predicted molar refractivity (Wildman–Crippen MR) is 130 cm³/mol. The van der Waals surface area contributed by atoms with Crippen molar-refractivity contribution in [1.82, 2.24) is 5.32 Å². The maximum Gasteiger partial charge on any atom is 0.407 e. The van der Waals surface area contributed by atoms with Gasteiger partial charge in [0.25, 0.3) is 0 Å². The summed E-state index contributed by atoms with van der Waals surface area (Å²) >= 11 is 0. The van der Waals surface area contributed by atoms with Crippen molar-refractivity contribution in [1.29, 1.82) is 0 Å². The van der Waals surface area contributed by atoms with Gasteiger partial charge in [-0.2, -0.15) is 0 Å². The van der Waals surface area contributed by atoms with Crippen molar-refractivity contribution < 1.29 is 19.1 Å². The molecule has 0 bridgehead atoms. The minimum atomic E-state index is -0.453. The second kappa shape index (κ2) is 12.3. The Morgan fingerprint density at radius 2 is 1.67 bits per heavy atom. The minimum Gasteiger partial charge on any atom is -0.508 e. The van der Waals surface area contributed by atoms with Gasteiger partial charge in [-0.05, 0) is 61.6 Å². The molecule has 2 aromatic carbocycles. The molecule has 0 unspecified atom stereocenters. The summed E-state index contributed by atoms with van der Waals surface area (Å²) in [6.07, 6.45) is 1.75. The van der Waals surface area contributed by atoms with E-state index in [4.69, 9.17) is 16.0 Å². The summed E-state index contributed by atoms with van der Waals surface area (Å²) in [7, 11) is 1.47. The first-order valence-corrected chi connectivity index (χ1v) is 11.1.